The van der Waals surface area contributed by atoms with E-state index in [-0.39, 0.29) is 10.6 Å². The van der Waals surface area contributed by atoms with Gasteiger partial charge in [0.05, 0.1) is 10.9 Å². The van der Waals surface area contributed by atoms with Crippen LogP contribution >= 0.6 is 0 Å². The molecule has 0 aliphatic carbocycles. The maximum atomic E-state index is 12.1. The van der Waals surface area contributed by atoms with E-state index < -0.39 is 27.5 Å². The Hall–Kier alpha value is -1.60. The zero-order chi connectivity index (χ0) is 15.6. The lowest BCUT2D eigenvalue weighted by atomic mass is 10.1. The van der Waals surface area contributed by atoms with Gasteiger partial charge in [0.25, 0.3) is 0 Å². The van der Waals surface area contributed by atoms with Crippen LogP contribution in [-0.2, 0) is 14.8 Å². The molecule has 0 radical (unpaired) electrons. The molecule has 0 aliphatic rings. The molecule has 0 heterocycles. The molecule has 0 saturated carbocycles. The molecule has 0 bridgehead atoms. The van der Waals surface area contributed by atoms with Crippen LogP contribution < -0.4 is 10.0 Å². The number of aromatic hydroxyl groups is 1. The number of nitrogens with one attached hydrogen (secondary N) is 2. The Morgan fingerprint density at radius 3 is 2.15 bits per heavy atom. The van der Waals surface area contributed by atoms with Crippen molar-refractivity contribution in [2.75, 3.05) is 0 Å². The number of carbonyl (C=O) groups is 1. The van der Waals surface area contributed by atoms with Crippen molar-refractivity contribution >= 4 is 15.9 Å². The zero-order valence-electron chi connectivity index (χ0n) is 12.0. The van der Waals surface area contributed by atoms with Crippen molar-refractivity contribution < 1.29 is 18.3 Å². The summed E-state index contributed by atoms with van der Waals surface area (Å²) in [5.74, 6) is -0.428. The first-order chi connectivity index (χ1) is 9.01. The Balaban J connectivity index is 2.81. The first-order valence-electron chi connectivity index (χ1n) is 6.15. The van der Waals surface area contributed by atoms with E-state index in [2.05, 4.69) is 10.0 Å². The number of carbonyl (C=O) groups excluding carboxylic acids is 1. The molecule has 1 aromatic rings. The first kappa shape index (κ1) is 16.5. The highest BCUT2D eigenvalue weighted by Crippen LogP contribution is 2.14. The smallest absolute Gasteiger partial charge is 0.241 e. The fourth-order valence-electron chi connectivity index (χ4n) is 1.46. The molecule has 1 atom stereocenters. The monoisotopic (exact) mass is 300 g/mol. The van der Waals surface area contributed by atoms with Crippen LogP contribution in [0.3, 0.4) is 0 Å². The van der Waals surface area contributed by atoms with Gasteiger partial charge in [-0.25, -0.2) is 8.42 Å². The van der Waals surface area contributed by atoms with Crippen LogP contribution in [-0.4, -0.2) is 31.0 Å². The molecule has 0 saturated heterocycles. The minimum Gasteiger partial charge on any atom is -0.508 e. The summed E-state index contributed by atoms with van der Waals surface area (Å²) in [6, 6.07) is 4.19. The Kier molecular flexibility index (Phi) is 4.77. The maximum Gasteiger partial charge on any atom is 0.241 e. The van der Waals surface area contributed by atoms with Gasteiger partial charge >= 0.3 is 0 Å². The minimum atomic E-state index is -3.80. The van der Waals surface area contributed by atoms with E-state index in [0.717, 1.165) is 0 Å². The molecule has 3 N–H and O–H groups in total. The van der Waals surface area contributed by atoms with Gasteiger partial charge in [-0.3, -0.25) is 4.79 Å². The second-order valence-electron chi connectivity index (χ2n) is 5.58. The number of hydrogen-bond donors (Lipinski definition) is 3. The van der Waals surface area contributed by atoms with Gasteiger partial charge in [0.2, 0.25) is 15.9 Å². The lowest BCUT2D eigenvalue weighted by Crippen LogP contribution is -2.50. The largest absolute Gasteiger partial charge is 0.508 e. The lowest BCUT2D eigenvalue weighted by molar-refractivity contribution is -0.123. The summed E-state index contributed by atoms with van der Waals surface area (Å²) in [5.41, 5.74) is -0.435. The van der Waals surface area contributed by atoms with Crippen molar-refractivity contribution in [2.24, 2.45) is 0 Å². The van der Waals surface area contributed by atoms with Gasteiger partial charge in [0, 0.05) is 5.54 Å². The second-order valence-corrected chi connectivity index (χ2v) is 7.29. The van der Waals surface area contributed by atoms with Gasteiger partial charge in [-0.15, -0.1) is 0 Å². The van der Waals surface area contributed by atoms with Crippen molar-refractivity contribution in [3.63, 3.8) is 0 Å². The van der Waals surface area contributed by atoms with Crippen LogP contribution in [0.2, 0.25) is 0 Å². The minimum absolute atomic E-state index is 0.00860. The molecule has 0 aliphatic heterocycles. The van der Waals surface area contributed by atoms with E-state index in [1.807, 2.05) is 20.8 Å². The number of phenolic OH excluding ortho intramolecular Hbond substituents is 1. The Bertz CT molecular complexity index is 573. The third kappa shape index (κ3) is 4.82. The molecule has 1 unspecified atom stereocenters. The summed E-state index contributed by atoms with van der Waals surface area (Å²) in [5, 5.41) is 11.8. The van der Waals surface area contributed by atoms with Crippen molar-refractivity contribution in [1.82, 2.24) is 10.0 Å². The topological polar surface area (TPSA) is 95.5 Å². The van der Waals surface area contributed by atoms with Gasteiger partial charge in [-0.1, -0.05) is 0 Å². The number of amides is 1. The lowest BCUT2D eigenvalue weighted by Gasteiger charge is -2.23. The Morgan fingerprint density at radius 2 is 1.70 bits per heavy atom. The van der Waals surface area contributed by atoms with E-state index >= 15 is 0 Å². The average Bonchev–Trinajstić information content (AvgIpc) is 2.26. The number of sulfonamides is 1. The van der Waals surface area contributed by atoms with Gasteiger partial charge in [-0.05, 0) is 52.0 Å². The van der Waals surface area contributed by atoms with E-state index in [1.165, 1.54) is 31.2 Å². The summed E-state index contributed by atoms with van der Waals surface area (Å²) in [6.45, 7) is 6.91. The number of benzene rings is 1. The van der Waals surface area contributed by atoms with Crippen LogP contribution in [0.15, 0.2) is 29.2 Å². The normalized spacial score (nSPS) is 13.8. The summed E-state index contributed by atoms with van der Waals surface area (Å²) < 4.78 is 26.4. The standard InChI is InChI=1S/C13H20N2O4S/c1-9(12(17)14-13(2,3)4)15-20(18,19)11-7-5-10(16)6-8-11/h5-9,15-16H,1-4H3,(H,14,17). The van der Waals surface area contributed by atoms with Crippen molar-refractivity contribution in [2.45, 2.75) is 44.2 Å². The van der Waals surface area contributed by atoms with Crippen LogP contribution in [0, 0.1) is 0 Å². The highest BCUT2D eigenvalue weighted by atomic mass is 32.2. The van der Waals surface area contributed by atoms with Crippen LogP contribution in [0.4, 0.5) is 0 Å². The molecule has 0 aromatic heterocycles. The third-order valence-corrected chi connectivity index (χ3v) is 3.93. The summed E-state index contributed by atoms with van der Waals surface area (Å²) in [6.07, 6.45) is 0. The van der Waals surface area contributed by atoms with Crippen LogP contribution in [0.1, 0.15) is 27.7 Å². The molecule has 1 aromatic carbocycles. The molecule has 20 heavy (non-hydrogen) atoms. The van der Waals surface area contributed by atoms with Crippen molar-refractivity contribution in [3.8, 4) is 5.75 Å². The zero-order valence-corrected chi connectivity index (χ0v) is 12.8. The Morgan fingerprint density at radius 1 is 1.20 bits per heavy atom. The van der Waals surface area contributed by atoms with E-state index in [9.17, 15) is 13.2 Å². The summed E-state index contributed by atoms with van der Waals surface area (Å²) in [7, 11) is -3.80. The van der Waals surface area contributed by atoms with Crippen molar-refractivity contribution in [1.29, 1.82) is 0 Å². The van der Waals surface area contributed by atoms with Crippen molar-refractivity contribution in [3.05, 3.63) is 24.3 Å². The van der Waals surface area contributed by atoms with Crippen LogP contribution in [0.5, 0.6) is 5.75 Å². The van der Waals surface area contributed by atoms with Gasteiger partial charge in [0.1, 0.15) is 5.75 Å². The molecule has 6 nitrogen and oxygen atoms in total. The van der Waals surface area contributed by atoms with E-state index in [4.69, 9.17) is 5.11 Å². The summed E-state index contributed by atoms with van der Waals surface area (Å²) in [4.78, 5) is 11.8. The number of rotatable bonds is 4. The molecular weight excluding hydrogens is 280 g/mol. The molecule has 0 spiro atoms. The predicted molar refractivity (Wildman–Crippen MR) is 75.8 cm³/mol. The maximum absolute atomic E-state index is 12.1. The van der Waals surface area contributed by atoms with E-state index in [1.54, 1.807) is 0 Å². The highest BCUT2D eigenvalue weighted by molar-refractivity contribution is 7.89. The molecule has 0 fully saturated rings. The summed E-state index contributed by atoms with van der Waals surface area (Å²) >= 11 is 0. The number of hydrogen-bond acceptors (Lipinski definition) is 4. The second kappa shape index (κ2) is 5.80. The highest BCUT2D eigenvalue weighted by Gasteiger charge is 2.24. The predicted octanol–water partition coefficient (Wildman–Crippen LogP) is 0.974. The SMILES string of the molecule is CC(NS(=O)(=O)c1ccc(O)cc1)C(=O)NC(C)(C)C. The van der Waals surface area contributed by atoms with E-state index in [0.29, 0.717) is 0 Å². The van der Waals surface area contributed by atoms with Gasteiger partial charge in [0.15, 0.2) is 0 Å². The molecule has 112 valence electrons. The molecule has 7 heteroatoms. The molecule has 1 rings (SSSR count). The Labute approximate surface area is 119 Å². The van der Waals surface area contributed by atoms with Crippen LogP contribution in [0.25, 0.3) is 0 Å². The third-order valence-electron chi connectivity index (χ3n) is 2.37. The number of phenols is 1. The first-order valence-corrected chi connectivity index (χ1v) is 7.63. The van der Waals surface area contributed by atoms with Gasteiger partial charge in [-0.2, -0.15) is 4.72 Å². The molecular formula is C13H20N2O4S. The average molecular weight is 300 g/mol. The molecule has 1 amide bonds. The quantitative estimate of drug-likeness (QED) is 0.772. The fourth-order valence-corrected chi connectivity index (χ4v) is 2.66. The van der Waals surface area contributed by atoms with Gasteiger partial charge < -0.3 is 10.4 Å². The fraction of sp³-hybridized carbons (Fsp3) is 0.462.